The third-order valence-corrected chi connectivity index (χ3v) is 5.31. The van der Waals surface area contributed by atoms with Crippen molar-refractivity contribution in [2.45, 2.75) is 13.5 Å². The van der Waals surface area contributed by atoms with Crippen molar-refractivity contribution < 1.29 is 14.3 Å². The smallest absolute Gasteiger partial charge is 0.269 e. The predicted molar refractivity (Wildman–Crippen MR) is 97.4 cm³/mol. The van der Waals surface area contributed by atoms with Crippen molar-refractivity contribution in [1.29, 1.82) is 0 Å². The molecule has 7 nitrogen and oxygen atoms in total. The highest BCUT2D eigenvalue weighted by atomic mass is 32.1. The Labute approximate surface area is 152 Å². The van der Waals surface area contributed by atoms with Gasteiger partial charge in [-0.05, 0) is 31.2 Å². The molecule has 0 radical (unpaired) electrons. The van der Waals surface area contributed by atoms with E-state index >= 15 is 0 Å². The minimum atomic E-state index is -0.241. The van der Waals surface area contributed by atoms with E-state index < -0.39 is 0 Å². The van der Waals surface area contributed by atoms with Crippen molar-refractivity contribution in [1.82, 2.24) is 15.2 Å². The molecule has 2 heterocycles. The van der Waals surface area contributed by atoms with Gasteiger partial charge in [-0.25, -0.2) is 4.98 Å². The van der Waals surface area contributed by atoms with E-state index in [9.17, 15) is 4.79 Å². The third-order valence-electron chi connectivity index (χ3n) is 3.29. The van der Waals surface area contributed by atoms with Crippen LogP contribution in [0.15, 0.2) is 24.3 Å². The van der Waals surface area contributed by atoms with Crippen LogP contribution in [0.2, 0.25) is 0 Å². The number of ether oxygens (including phenoxy) is 2. The summed E-state index contributed by atoms with van der Waals surface area (Å²) in [5, 5.41) is 12.6. The molecule has 0 aliphatic carbocycles. The number of methoxy groups -OCH3 is 2. The zero-order valence-electron chi connectivity index (χ0n) is 13.9. The van der Waals surface area contributed by atoms with Crippen molar-refractivity contribution in [3.8, 4) is 16.3 Å². The maximum atomic E-state index is 12.5. The Morgan fingerprint density at radius 3 is 2.60 bits per heavy atom. The first-order chi connectivity index (χ1) is 12.1. The lowest BCUT2D eigenvalue weighted by atomic mass is 10.2. The van der Waals surface area contributed by atoms with E-state index in [0.29, 0.717) is 27.3 Å². The molecule has 0 atom stereocenters. The lowest BCUT2D eigenvalue weighted by Crippen LogP contribution is -2.11. The summed E-state index contributed by atoms with van der Waals surface area (Å²) in [5.74, 6) is 0.535. The molecule has 0 fully saturated rings. The van der Waals surface area contributed by atoms with E-state index in [2.05, 4.69) is 20.5 Å². The highest BCUT2D eigenvalue weighted by molar-refractivity contribution is 7.17. The Bertz CT molecular complexity index is 874. The quantitative estimate of drug-likeness (QED) is 0.710. The first kappa shape index (κ1) is 17.5. The van der Waals surface area contributed by atoms with Crippen LogP contribution in [0, 0.1) is 6.92 Å². The van der Waals surface area contributed by atoms with Crippen molar-refractivity contribution in [3.63, 3.8) is 0 Å². The number of aromatic nitrogens is 3. The number of rotatable bonds is 6. The molecule has 0 unspecified atom stereocenters. The molecule has 9 heteroatoms. The summed E-state index contributed by atoms with van der Waals surface area (Å²) in [6.07, 6.45) is 0. The molecule has 25 heavy (non-hydrogen) atoms. The maximum Gasteiger partial charge on any atom is 0.269 e. The second-order valence-electron chi connectivity index (χ2n) is 5.05. The molecule has 1 aromatic carbocycles. The van der Waals surface area contributed by atoms with Crippen LogP contribution in [0.4, 0.5) is 5.13 Å². The molecule has 1 N–H and O–H groups in total. The van der Waals surface area contributed by atoms with E-state index in [1.807, 2.05) is 31.2 Å². The van der Waals surface area contributed by atoms with Gasteiger partial charge < -0.3 is 9.47 Å². The number of amides is 1. The van der Waals surface area contributed by atoms with Crippen LogP contribution in [0.3, 0.4) is 0 Å². The molecule has 0 saturated carbocycles. The van der Waals surface area contributed by atoms with Crippen LogP contribution in [0.1, 0.15) is 20.4 Å². The zero-order valence-corrected chi connectivity index (χ0v) is 15.5. The maximum absolute atomic E-state index is 12.5. The molecule has 0 aliphatic rings. The van der Waals surface area contributed by atoms with Crippen molar-refractivity contribution >= 4 is 33.7 Å². The fourth-order valence-corrected chi connectivity index (χ4v) is 3.78. The minimum absolute atomic E-state index is 0.241. The van der Waals surface area contributed by atoms with Crippen LogP contribution < -0.4 is 10.1 Å². The monoisotopic (exact) mass is 376 g/mol. The van der Waals surface area contributed by atoms with Gasteiger partial charge in [-0.2, -0.15) is 0 Å². The van der Waals surface area contributed by atoms with Crippen LogP contribution >= 0.6 is 22.7 Å². The predicted octanol–water partition coefficient (Wildman–Crippen LogP) is 3.38. The van der Waals surface area contributed by atoms with Crippen LogP contribution in [0.5, 0.6) is 5.75 Å². The Morgan fingerprint density at radius 2 is 1.92 bits per heavy atom. The van der Waals surface area contributed by atoms with Gasteiger partial charge in [0.1, 0.15) is 27.2 Å². The topological polar surface area (TPSA) is 86.2 Å². The summed E-state index contributed by atoms with van der Waals surface area (Å²) in [4.78, 5) is 17.5. The number of hydrogen-bond acceptors (Lipinski definition) is 8. The molecule has 130 valence electrons. The van der Waals surface area contributed by atoms with Gasteiger partial charge in [0, 0.05) is 12.7 Å². The summed E-state index contributed by atoms with van der Waals surface area (Å²) in [5.41, 5.74) is 1.61. The lowest BCUT2D eigenvalue weighted by Gasteiger charge is -2.00. The van der Waals surface area contributed by atoms with Crippen molar-refractivity contribution in [2.75, 3.05) is 19.5 Å². The Morgan fingerprint density at radius 1 is 1.16 bits per heavy atom. The Kier molecular flexibility index (Phi) is 5.37. The zero-order chi connectivity index (χ0) is 17.8. The average Bonchev–Trinajstić information content (AvgIpc) is 3.22. The second-order valence-corrected chi connectivity index (χ2v) is 7.11. The van der Waals surface area contributed by atoms with Crippen LogP contribution in [-0.4, -0.2) is 35.3 Å². The summed E-state index contributed by atoms with van der Waals surface area (Å²) >= 11 is 2.62. The highest BCUT2D eigenvalue weighted by Gasteiger charge is 2.18. The van der Waals surface area contributed by atoms with Gasteiger partial charge in [-0.15, -0.1) is 21.5 Å². The first-order valence-corrected chi connectivity index (χ1v) is 8.98. The number of thiazole rings is 1. The first-order valence-electron chi connectivity index (χ1n) is 7.35. The molecule has 3 rings (SSSR count). The molecule has 0 bridgehead atoms. The number of benzene rings is 1. The molecular formula is C16H16N4O3S2. The molecule has 0 saturated heterocycles. The van der Waals surface area contributed by atoms with E-state index in [4.69, 9.17) is 9.47 Å². The van der Waals surface area contributed by atoms with E-state index in [1.165, 1.54) is 22.7 Å². The summed E-state index contributed by atoms with van der Waals surface area (Å²) < 4.78 is 10.2. The lowest BCUT2D eigenvalue weighted by molar-refractivity contribution is 0.102. The fourth-order valence-electron chi connectivity index (χ4n) is 2.10. The summed E-state index contributed by atoms with van der Waals surface area (Å²) in [7, 11) is 3.21. The van der Waals surface area contributed by atoms with Gasteiger partial charge in [0.2, 0.25) is 5.13 Å². The molecule has 1 amide bonds. The van der Waals surface area contributed by atoms with Crippen LogP contribution in [0.25, 0.3) is 10.6 Å². The van der Waals surface area contributed by atoms with E-state index in [-0.39, 0.29) is 5.91 Å². The number of aryl methyl sites for hydroxylation is 1. The number of hydrogen-bond donors (Lipinski definition) is 1. The summed E-state index contributed by atoms with van der Waals surface area (Å²) in [6, 6.07) is 7.57. The van der Waals surface area contributed by atoms with Gasteiger partial charge in [0.15, 0.2) is 0 Å². The van der Waals surface area contributed by atoms with Crippen molar-refractivity contribution in [3.05, 3.63) is 39.8 Å². The Hall–Kier alpha value is -2.36. The molecule has 0 aliphatic heterocycles. The molecule has 0 spiro atoms. The van der Waals surface area contributed by atoms with Crippen LogP contribution in [-0.2, 0) is 11.3 Å². The van der Waals surface area contributed by atoms with Gasteiger partial charge in [0.05, 0.1) is 12.8 Å². The largest absolute Gasteiger partial charge is 0.497 e. The Balaban J connectivity index is 1.77. The number of carbonyl (C=O) groups excluding carboxylic acids is 1. The summed E-state index contributed by atoms with van der Waals surface area (Å²) in [6.45, 7) is 2.18. The SMILES string of the molecule is COCc1nnc(NC(=O)c2sc(-c3ccc(OC)cc3)nc2C)s1. The van der Waals surface area contributed by atoms with E-state index in [0.717, 1.165) is 16.3 Å². The highest BCUT2D eigenvalue weighted by Crippen LogP contribution is 2.30. The molecule has 3 aromatic rings. The second kappa shape index (κ2) is 7.68. The van der Waals surface area contributed by atoms with E-state index in [1.54, 1.807) is 14.2 Å². The van der Waals surface area contributed by atoms with Gasteiger partial charge in [-0.1, -0.05) is 11.3 Å². The molecule has 2 aromatic heterocycles. The third kappa shape index (κ3) is 4.01. The minimum Gasteiger partial charge on any atom is -0.497 e. The van der Waals surface area contributed by atoms with Gasteiger partial charge >= 0.3 is 0 Å². The molecular weight excluding hydrogens is 360 g/mol. The average molecular weight is 376 g/mol. The number of anilines is 1. The standard InChI is InChI=1S/C16H16N4O3S2/c1-9-13(14(21)18-16-20-19-12(24-16)8-22-2)25-15(17-9)10-4-6-11(23-3)7-5-10/h4-7H,8H2,1-3H3,(H,18,20,21). The van der Waals surface area contributed by atoms with Gasteiger partial charge in [0.25, 0.3) is 5.91 Å². The number of carbonyl (C=O) groups is 1. The van der Waals surface area contributed by atoms with Crippen molar-refractivity contribution in [2.24, 2.45) is 0 Å². The number of nitrogens with zero attached hydrogens (tertiary/aromatic N) is 3. The normalized spacial score (nSPS) is 10.7. The number of nitrogens with one attached hydrogen (secondary N) is 1. The van der Waals surface area contributed by atoms with Gasteiger partial charge in [-0.3, -0.25) is 10.1 Å². The fraction of sp³-hybridized carbons (Fsp3) is 0.250.